The van der Waals surface area contributed by atoms with Crippen LogP contribution in [0.25, 0.3) is 0 Å². The quantitative estimate of drug-likeness (QED) is 0.794. The Kier molecular flexibility index (Phi) is 5.37. The molecule has 0 aliphatic rings. The summed E-state index contributed by atoms with van der Waals surface area (Å²) >= 11 is 0. The van der Waals surface area contributed by atoms with Gasteiger partial charge in [-0.1, -0.05) is 31.5 Å². The van der Waals surface area contributed by atoms with Crippen molar-refractivity contribution in [2.24, 2.45) is 0 Å². The van der Waals surface area contributed by atoms with Crippen LogP contribution in [0.1, 0.15) is 60.6 Å². The third kappa shape index (κ3) is 3.32. The Hall–Kier alpha value is -2.23. The summed E-state index contributed by atoms with van der Waals surface area (Å²) in [5.74, 6) is 1.57. The first-order valence-electron chi connectivity index (χ1n) is 8.61. The molecular formula is C20H29N3O. The van der Waals surface area contributed by atoms with Gasteiger partial charge in [-0.3, -0.25) is 0 Å². The number of nitrogens with two attached hydrogens (primary N) is 2. The molecule has 4 nitrogen and oxygen atoms in total. The van der Waals surface area contributed by atoms with Crippen molar-refractivity contribution in [1.82, 2.24) is 4.98 Å². The second-order valence-corrected chi connectivity index (χ2v) is 6.59. The van der Waals surface area contributed by atoms with Crippen molar-refractivity contribution < 1.29 is 4.74 Å². The zero-order valence-electron chi connectivity index (χ0n) is 15.7. The van der Waals surface area contributed by atoms with Crippen molar-refractivity contribution >= 4 is 11.4 Å². The molecule has 24 heavy (non-hydrogen) atoms. The van der Waals surface area contributed by atoms with Crippen LogP contribution >= 0.6 is 0 Å². The summed E-state index contributed by atoms with van der Waals surface area (Å²) in [6.45, 7) is 12.4. The van der Waals surface area contributed by atoms with Gasteiger partial charge in [0.15, 0.2) is 0 Å². The van der Waals surface area contributed by atoms with Crippen LogP contribution in [0.4, 0.5) is 11.4 Å². The number of nitrogens with zero attached hydrogens (tertiary/aromatic N) is 1. The summed E-state index contributed by atoms with van der Waals surface area (Å²) in [6, 6.07) is 4.18. The maximum Gasteiger partial charge on any atom is 0.245 e. The van der Waals surface area contributed by atoms with E-state index < -0.39 is 0 Å². The van der Waals surface area contributed by atoms with Gasteiger partial charge in [0.25, 0.3) is 0 Å². The molecule has 0 saturated heterocycles. The molecule has 1 heterocycles. The van der Waals surface area contributed by atoms with Crippen molar-refractivity contribution in [3.63, 3.8) is 0 Å². The van der Waals surface area contributed by atoms with E-state index in [4.69, 9.17) is 16.2 Å². The standard InChI is InChI=1S/C20H29N3O/c1-7-15(8-2)16-14(6)23-20(18(22)17(16)21)24-19-12(4)9-11(3)10-13(19)5/h9-10,15H,7-8,22H2,1-6H3,(H2,21,23). The number of rotatable bonds is 5. The number of aromatic nitrogens is 1. The van der Waals surface area contributed by atoms with E-state index in [1.165, 1.54) is 5.56 Å². The molecule has 0 aliphatic heterocycles. The molecule has 0 fully saturated rings. The summed E-state index contributed by atoms with van der Waals surface area (Å²) in [5.41, 5.74) is 18.9. The highest BCUT2D eigenvalue weighted by atomic mass is 16.5. The van der Waals surface area contributed by atoms with E-state index in [0.717, 1.165) is 41.0 Å². The number of hydrogen-bond donors (Lipinski definition) is 2. The number of hydrogen-bond acceptors (Lipinski definition) is 4. The zero-order chi connectivity index (χ0) is 18.0. The molecule has 0 radical (unpaired) electrons. The fourth-order valence-corrected chi connectivity index (χ4v) is 3.44. The van der Waals surface area contributed by atoms with Crippen molar-refractivity contribution in [1.29, 1.82) is 0 Å². The highest BCUT2D eigenvalue weighted by Gasteiger charge is 2.21. The minimum atomic E-state index is 0.372. The summed E-state index contributed by atoms with van der Waals surface area (Å²) in [7, 11) is 0. The molecule has 0 amide bonds. The van der Waals surface area contributed by atoms with Crippen LogP contribution in [0.2, 0.25) is 0 Å². The molecule has 4 N–H and O–H groups in total. The van der Waals surface area contributed by atoms with Crippen LogP contribution in [0.5, 0.6) is 11.6 Å². The summed E-state index contributed by atoms with van der Waals surface area (Å²) < 4.78 is 6.07. The fraction of sp³-hybridized carbons (Fsp3) is 0.450. The summed E-state index contributed by atoms with van der Waals surface area (Å²) in [5, 5.41) is 0. The first-order chi connectivity index (χ1) is 11.3. The average Bonchev–Trinajstić information content (AvgIpc) is 2.51. The average molecular weight is 327 g/mol. The highest BCUT2D eigenvalue weighted by Crippen LogP contribution is 2.40. The number of anilines is 2. The van der Waals surface area contributed by atoms with Gasteiger partial charge in [-0.2, -0.15) is 0 Å². The first kappa shape index (κ1) is 18.1. The van der Waals surface area contributed by atoms with Crippen LogP contribution in [-0.4, -0.2) is 4.98 Å². The molecule has 2 rings (SSSR count). The van der Waals surface area contributed by atoms with Gasteiger partial charge in [0.05, 0.1) is 5.69 Å². The lowest BCUT2D eigenvalue weighted by molar-refractivity contribution is 0.456. The maximum atomic E-state index is 6.35. The van der Waals surface area contributed by atoms with Crippen LogP contribution < -0.4 is 16.2 Å². The minimum absolute atomic E-state index is 0.372. The Labute approximate surface area is 145 Å². The number of aryl methyl sites for hydroxylation is 4. The van der Waals surface area contributed by atoms with Gasteiger partial charge in [0, 0.05) is 11.3 Å². The highest BCUT2D eigenvalue weighted by molar-refractivity contribution is 5.74. The molecule has 0 unspecified atom stereocenters. The lowest BCUT2D eigenvalue weighted by atomic mass is 9.91. The van der Waals surface area contributed by atoms with Crippen molar-refractivity contribution in [3.8, 4) is 11.6 Å². The summed E-state index contributed by atoms with van der Waals surface area (Å²) in [4.78, 5) is 4.62. The topological polar surface area (TPSA) is 74.2 Å². The Morgan fingerprint density at radius 3 is 2.00 bits per heavy atom. The molecule has 1 aromatic carbocycles. The predicted molar refractivity (Wildman–Crippen MR) is 102 cm³/mol. The Bertz CT molecular complexity index is 726. The van der Waals surface area contributed by atoms with Gasteiger partial charge in [0.2, 0.25) is 5.88 Å². The van der Waals surface area contributed by atoms with Gasteiger partial charge < -0.3 is 16.2 Å². The number of benzene rings is 1. The van der Waals surface area contributed by atoms with Crippen molar-refractivity contribution in [3.05, 3.63) is 40.1 Å². The van der Waals surface area contributed by atoms with E-state index >= 15 is 0 Å². The normalized spacial score (nSPS) is 11.1. The van der Waals surface area contributed by atoms with Crippen LogP contribution in [-0.2, 0) is 0 Å². The van der Waals surface area contributed by atoms with Crippen LogP contribution in [0.15, 0.2) is 12.1 Å². The second-order valence-electron chi connectivity index (χ2n) is 6.59. The number of ether oxygens (including phenoxy) is 1. The largest absolute Gasteiger partial charge is 0.436 e. The lowest BCUT2D eigenvalue weighted by Gasteiger charge is -2.21. The van der Waals surface area contributed by atoms with E-state index in [2.05, 4.69) is 37.9 Å². The molecule has 0 saturated carbocycles. The van der Waals surface area contributed by atoms with Crippen molar-refractivity contribution in [2.75, 3.05) is 11.5 Å². The Morgan fingerprint density at radius 2 is 1.50 bits per heavy atom. The van der Waals surface area contributed by atoms with E-state index in [-0.39, 0.29) is 0 Å². The lowest BCUT2D eigenvalue weighted by Crippen LogP contribution is -2.10. The SMILES string of the molecule is CCC(CC)c1c(C)nc(Oc2c(C)cc(C)cc2C)c(N)c1N. The minimum Gasteiger partial charge on any atom is -0.436 e. The van der Waals surface area contributed by atoms with Gasteiger partial charge in [-0.05, 0) is 57.6 Å². The molecule has 0 aliphatic carbocycles. The van der Waals surface area contributed by atoms with Crippen LogP contribution in [0.3, 0.4) is 0 Å². The van der Waals surface area contributed by atoms with Gasteiger partial charge >= 0.3 is 0 Å². The first-order valence-corrected chi connectivity index (χ1v) is 8.61. The molecule has 0 spiro atoms. The fourth-order valence-electron chi connectivity index (χ4n) is 3.44. The molecule has 130 valence electrons. The number of nitrogen functional groups attached to an aromatic ring is 2. The predicted octanol–water partition coefficient (Wildman–Crippen LogP) is 5.18. The second kappa shape index (κ2) is 7.12. The number of pyridine rings is 1. The molecule has 0 bridgehead atoms. The third-order valence-electron chi connectivity index (χ3n) is 4.67. The van der Waals surface area contributed by atoms with Crippen molar-refractivity contribution in [2.45, 2.75) is 60.3 Å². The molecule has 4 heteroatoms. The van der Waals surface area contributed by atoms with Gasteiger partial charge in [-0.15, -0.1) is 0 Å². The van der Waals surface area contributed by atoms with Gasteiger partial charge in [0.1, 0.15) is 11.4 Å². The maximum absolute atomic E-state index is 6.35. The zero-order valence-corrected chi connectivity index (χ0v) is 15.7. The van der Waals surface area contributed by atoms with E-state index in [1.54, 1.807) is 0 Å². The van der Waals surface area contributed by atoms with Gasteiger partial charge in [-0.25, -0.2) is 4.98 Å². The van der Waals surface area contributed by atoms with Crippen LogP contribution in [0, 0.1) is 27.7 Å². The summed E-state index contributed by atoms with van der Waals surface area (Å²) in [6.07, 6.45) is 2.03. The smallest absolute Gasteiger partial charge is 0.245 e. The Morgan fingerprint density at radius 1 is 0.958 bits per heavy atom. The van der Waals surface area contributed by atoms with E-state index in [9.17, 15) is 0 Å². The Balaban J connectivity index is 2.51. The van der Waals surface area contributed by atoms with E-state index in [1.807, 2.05) is 20.8 Å². The monoisotopic (exact) mass is 327 g/mol. The molecule has 0 atom stereocenters. The third-order valence-corrected chi connectivity index (χ3v) is 4.67. The molecular weight excluding hydrogens is 298 g/mol. The molecule has 1 aromatic heterocycles. The van der Waals surface area contributed by atoms with E-state index in [0.29, 0.717) is 23.2 Å². The molecule has 2 aromatic rings.